The van der Waals surface area contributed by atoms with E-state index in [0.717, 1.165) is 5.56 Å². The van der Waals surface area contributed by atoms with Crippen molar-refractivity contribution in [1.82, 2.24) is 0 Å². The van der Waals surface area contributed by atoms with Crippen molar-refractivity contribution in [3.8, 4) is 11.5 Å². The lowest BCUT2D eigenvalue weighted by molar-refractivity contribution is 0.103. The summed E-state index contributed by atoms with van der Waals surface area (Å²) >= 11 is 1.29. The van der Waals surface area contributed by atoms with Crippen LogP contribution < -0.4 is 20.4 Å². The first-order valence-corrected chi connectivity index (χ1v) is 9.69. The predicted molar refractivity (Wildman–Crippen MR) is 112 cm³/mol. The number of amides is 1. The molecular weight excluding hydrogens is 390 g/mol. The van der Waals surface area contributed by atoms with Gasteiger partial charge in [0.15, 0.2) is 11.5 Å². The number of carbonyl (C=O) groups excluding carboxylic acids is 1. The van der Waals surface area contributed by atoms with E-state index in [9.17, 15) is 9.59 Å². The van der Waals surface area contributed by atoms with Gasteiger partial charge in [0, 0.05) is 11.5 Å². The van der Waals surface area contributed by atoms with E-state index in [1.54, 1.807) is 35.7 Å². The van der Waals surface area contributed by atoms with E-state index >= 15 is 0 Å². The van der Waals surface area contributed by atoms with E-state index in [-0.39, 0.29) is 11.6 Å². The lowest BCUT2D eigenvalue weighted by Gasteiger charge is -2.12. The molecule has 0 radical (unpaired) electrons. The number of benzene rings is 2. The minimum absolute atomic E-state index is 0.0657. The highest BCUT2D eigenvalue weighted by molar-refractivity contribution is 7.12. The van der Waals surface area contributed by atoms with Gasteiger partial charge in [-0.15, -0.1) is 11.3 Å². The van der Waals surface area contributed by atoms with Crippen molar-refractivity contribution in [3.63, 3.8) is 0 Å². The zero-order valence-corrected chi connectivity index (χ0v) is 16.3. The van der Waals surface area contributed by atoms with Gasteiger partial charge in [0.2, 0.25) is 0 Å². The van der Waals surface area contributed by atoms with Crippen molar-refractivity contribution in [2.75, 3.05) is 12.4 Å². The zero-order chi connectivity index (χ0) is 20.2. The number of nitrogens with one attached hydrogen (secondary N) is 1. The molecule has 1 amide bonds. The Labute approximate surface area is 170 Å². The summed E-state index contributed by atoms with van der Waals surface area (Å²) in [5.74, 6) is 0.599. The quantitative estimate of drug-likeness (QED) is 0.469. The van der Waals surface area contributed by atoms with Crippen molar-refractivity contribution in [2.24, 2.45) is 0 Å². The number of fused-ring (bicyclic) bond motifs is 1. The summed E-state index contributed by atoms with van der Waals surface area (Å²) in [7, 11) is 1.54. The van der Waals surface area contributed by atoms with Gasteiger partial charge in [-0.05, 0) is 29.1 Å². The fraction of sp³-hybridized carbons (Fsp3) is 0.0909. The van der Waals surface area contributed by atoms with Gasteiger partial charge in [-0.2, -0.15) is 0 Å². The Bertz CT molecular complexity index is 1200. The SMILES string of the molecule is COc1cc2cc(NC(=O)c3cccs3)c(=O)oc2cc1OCc1ccccc1. The fourth-order valence-corrected chi connectivity index (χ4v) is 3.43. The van der Waals surface area contributed by atoms with Crippen molar-refractivity contribution in [2.45, 2.75) is 6.61 Å². The third-order valence-corrected chi connectivity index (χ3v) is 5.12. The molecule has 0 spiro atoms. The molecular formula is C22H17NO5S. The van der Waals surface area contributed by atoms with Crippen molar-refractivity contribution >= 4 is 33.9 Å². The van der Waals surface area contributed by atoms with Crippen LogP contribution in [0.4, 0.5) is 5.69 Å². The highest BCUT2D eigenvalue weighted by Gasteiger charge is 2.14. The second-order valence-electron chi connectivity index (χ2n) is 6.19. The van der Waals surface area contributed by atoms with Crippen LogP contribution in [0.25, 0.3) is 11.0 Å². The number of methoxy groups -OCH3 is 1. The zero-order valence-electron chi connectivity index (χ0n) is 15.5. The fourth-order valence-electron chi connectivity index (χ4n) is 2.81. The highest BCUT2D eigenvalue weighted by Crippen LogP contribution is 2.33. The minimum Gasteiger partial charge on any atom is -0.493 e. The van der Waals surface area contributed by atoms with E-state index in [1.807, 2.05) is 30.3 Å². The average molecular weight is 407 g/mol. The Balaban J connectivity index is 1.63. The molecule has 2 aromatic carbocycles. The van der Waals surface area contributed by atoms with Crippen LogP contribution in [0.5, 0.6) is 11.5 Å². The Morgan fingerprint density at radius 3 is 2.62 bits per heavy atom. The minimum atomic E-state index is -0.637. The van der Waals surface area contributed by atoms with Crippen molar-refractivity contribution < 1.29 is 18.7 Å². The predicted octanol–water partition coefficient (Wildman–Crippen LogP) is 4.69. The number of rotatable bonds is 6. The molecule has 1 N–H and O–H groups in total. The molecule has 0 aliphatic heterocycles. The topological polar surface area (TPSA) is 77.8 Å². The molecule has 6 nitrogen and oxygen atoms in total. The van der Waals surface area contributed by atoms with Crippen LogP contribution in [0.3, 0.4) is 0 Å². The van der Waals surface area contributed by atoms with Crippen molar-refractivity contribution in [1.29, 1.82) is 0 Å². The molecule has 0 saturated carbocycles. The molecule has 0 fully saturated rings. The molecule has 0 bridgehead atoms. The van der Waals surface area contributed by atoms with E-state index in [0.29, 0.717) is 34.0 Å². The van der Waals surface area contributed by atoms with Crippen LogP contribution in [0.2, 0.25) is 0 Å². The number of thiophene rings is 1. The molecule has 2 heterocycles. The second-order valence-corrected chi connectivity index (χ2v) is 7.14. The van der Waals surface area contributed by atoms with Gasteiger partial charge in [0.1, 0.15) is 17.9 Å². The summed E-state index contributed by atoms with van der Waals surface area (Å²) < 4.78 is 16.7. The Morgan fingerprint density at radius 1 is 1.07 bits per heavy atom. The van der Waals surface area contributed by atoms with Crippen LogP contribution in [0, 0.1) is 0 Å². The van der Waals surface area contributed by atoms with E-state index in [4.69, 9.17) is 13.9 Å². The lowest BCUT2D eigenvalue weighted by Crippen LogP contribution is -2.16. The summed E-state index contributed by atoms with van der Waals surface area (Å²) in [6, 6.07) is 18.0. The van der Waals surface area contributed by atoms with Crippen LogP contribution in [0.1, 0.15) is 15.2 Å². The van der Waals surface area contributed by atoms with Gasteiger partial charge in [0.25, 0.3) is 5.91 Å². The molecule has 2 aromatic heterocycles. The van der Waals surface area contributed by atoms with Gasteiger partial charge < -0.3 is 19.2 Å². The molecule has 0 atom stereocenters. The standard InChI is InChI=1S/C22H17NO5S/c1-26-18-11-15-10-16(23-21(24)20-8-5-9-29-20)22(25)28-17(15)12-19(18)27-13-14-6-3-2-4-7-14/h2-12H,13H2,1H3,(H,23,24). The number of carbonyl (C=O) groups is 1. The molecule has 0 unspecified atom stereocenters. The van der Waals surface area contributed by atoms with Crippen molar-refractivity contribution in [3.05, 3.63) is 86.9 Å². The molecule has 29 heavy (non-hydrogen) atoms. The average Bonchev–Trinajstić information content (AvgIpc) is 3.28. The van der Waals surface area contributed by atoms with Crippen LogP contribution in [-0.4, -0.2) is 13.0 Å². The van der Waals surface area contributed by atoms with Gasteiger partial charge in [-0.3, -0.25) is 4.79 Å². The first kappa shape index (κ1) is 18.8. The Kier molecular flexibility index (Phi) is 5.31. The van der Waals surface area contributed by atoms with Crippen LogP contribution >= 0.6 is 11.3 Å². The van der Waals surface area contributed by atoms with E-state index in [1.165, 1.54) is 18.4 Å². The van der Waals surface area contributed by atoms with Gasteiger partial charge >= 0.3 is 5.63 Å². The second kappa shape index (κ2) is 8.20. The van der Waals surface area contributed by atoms with Gasteiger partial charge in [-0.1, -0.05) is 36.4 Å². The van der Waals surface area contributed by atoms with Gasteiger partial charge in [-0.25, -0.2) is 4.79 Å². The van der Waals surface area contributed by atoms with Crippen LogP contribution in [0.15, 0.2) is 75.3 Å². The summed E-state index contributed by atoms with van der Waals surface area (Å²) in [5.41, 5.74) is 0.771. The molecule has 4 aromatic rings. The first-order valence-electron chi connectivity index (χ1n) is 8.81. The highest BCUT2D eigenvalue weighted by atomic mass is 32.1. The third-order valence-electron chi connectivity index (χ3n) is 4.25. The largest absolute Gasteiger partial charge is 0.493 e. The maximum atomic E-state index is 12.3. The number of ether oxygens (including phenoxy) is 2. The molecule has 0 aliphatic carbocycles. The normalized spacial score (nSPS) is 10.7. The summed E-state index contributed by atoms with van der Waals surface area (Å²) in [5, 5.41) is 4.99. The molecule has 4 rings (SSSR count). The smallest absolute Gasteiger partial charge is 0.360 e. The molecule has 7 heteroatoms. The van der Waals surface area contributed by atoms with E-state index in [2.05, 4.69) is 5.32 Å². The van der Waals surface area contributed by atoms with Crippen LogP contribution in [-0.2, 0) is 6.61 Å². The molecule has 146 valence electrons. The Hall–Kier alpha value is -3.58. The molecule has 0 aliphatic rings. The lowest BCUT2D eigenvalue weighted by atomic mass is 10.2. The van der Waals surface area contributed by atoms with Gasteiger partial charge in [0.05, 0.1) is 12.0 Å². The maximum Gasteiger partial charge on any atom is 0.360 e. The van der Waals surface area contributed by atoms with E-state index < -0.39 is 5.63 Å². The summed E-state index contributed by atoms with van der Waals surface area (Å²) in [6.45, 7) is 0.349. The third kappa shape index (κ3) is 4.14. The number of anilines is 1. The summed E-state index contributed by atoms with van der Waals surface area (Å²) in [6.07, 6.45) is 0. The monoisotopic (exact) mass is 407 g/mol. The number of hydrogen-bond acceptors (Lipinski definition) is 6. The number of hydrogen-bond donors (Lipinski definition) is 1. The maximum absolute atomic E-state index is 12.3. The summed E-state index contributed by atoms with van der Waals surface area (Å²) in [4.78, 5) is 25.1. The molecule has 0 saturated heterocycles. The Morgan fingerprint density at radius 2 is 1.90 bits per heavy atom. The first-order chi connectivity index (χ1) is 14.1.